The van der Waals surface area contributed by atoms with Crippen molar-refractivity contribution in [2.75, 3.05) is 65.7 Å². The predicted molar refractivity (Wildman–Crippen MR) is 100 cm³/mol. The second-order valence-electron chi connectivity index (χ2n) is 5.97. The molecule has 0 amide bonds. The normalized spacial score (nSPS) is 19.3. The van der Waals surface area contributed by atoms with Gasteiger partial charge in [-0.05, 0) is 25.9 Å². The molecular weight excluding hydrogens is 288 g/mol. The van der Waals surface area contributed by atoms with Crippen molar-refractivity contribution in [3.63, 3.8) is 0 Å². The van der Waals surface area contributed by atoms with Crippen LogP contribution in [0.4, 0.5) is 0 Å². The molecule has 0 aromatic heterocycles. The van der Waals surface area contributed by atoms with Crippen LogP contribution in [0.1, 0.15) is 59.8 Å². The molecule has 2 saturated heterocycles. The van der Waals surface area contributed by atoms with Gasteiger partial charge >= 0.3 is 0 Å². The van der Waals surface area contributed by atoms with Gasteiger partial charge in [0, 0.05) is 26.2 Å². The molecule has 0 radical (unpaired) electrons. The van der Waals surface area contributed by atoms with Crippen LogP contribution in [0.3, 0.4) is 0 Å². The lowest BCUT2D eigenvalue weighted by atomic mass is 10.2. The van der Waals surface area contributed by atoms with Crippen molar-refractivity contribution < 1.29 is 9.47 Å². The highest BCUT2D eigenvalue weighted by Gasteiger charge is 2.08. The molecule has 140 valence electrons. The van der Waals surface area contributed by atoms with Crippen molar-refractivity contribution >= 4 is 0 Å². The molecular formula is C19H42N2O2. The molecule has 0 atom stereocenters. The maximum atomic E-state index is 5.26. The van der Waals surface area contributed by atoms with Crippen LogP contribution in [0.15, 0.2) is 0 Å². The van der Waals surface area contributed by atoms with Crippen LogP contribution in [-0.2, 0) is 9.47 Å². The van der Waals surface area contributed by atoms with Crippen molar-refractivity contribution in [3.05, 3.63) is 0 Å². The van der Waals surface area contributed by atoms with Crippen molar-refractivity contribution in [1.29, 1.82) is 0 Å². The van der Waals surface area contributed by atoms with E-state index in [1.54, 1.807) is 0 Å². The summed E-state index contributed by atoms with van der Waals surface area (Å²) >= 11 is 0. The molecule has 0 spiro atoms. The lowest BCUT2D eigenvalue weighted by Gasteiger charge is -2.26. The van der Waals surface area contributed by atoms with Gasteiger partial charge in [-0.25, -0.2) is 0 Å². The molecule has 0 aliphatic carbocycles. The Morgan fingerprint density at radius 1 is 0.609 bits per heavy atom. The molecule has 0 aromatic rings. The number of morpholine rings is 2. The lowest BCUT2D eigenvalue weighted by molar-refractivity contribution is 0.0371. The van der Waals surface area contributed by atoms with E-state index < -0.39 is 0 Å². The van der Waals surface area contributed by atoms with Crippen molar-refractivity contribution in [1.82, 2.24) is 9.80 Å². The zero-order chi connectivity index (χ0) is 17.2. The van der Waals surface area contributed by atoms with Gasteiger partial charge in [0.2, 0.25) is 0 Å². The summed E-state index contributed by atoms with van der Waals surface area (Å²) < 4.78 is 10.5. The van der Waals surface area contributed by atoms with E-state index in [0.717, 1.165) is 52.6 Å². The number of hydrogen-bond donors (Lipinski definition) is 0. The molecule has 2 heterocycles. The fourth-order valence-corrected chi connectivity index (χ4v) is 2.62. The van der Waals surface area contributed by atoms with Gasteiger partial charge in [-0.3, -0.25) is 9.80 Å². The van der Waals surface area contributed by atoms with Crippen molar-refractivity contribution in [2.45, 2.75) is 59.8 Å². The third-order valence-electron chi connectivity index (χ3n) is 4.11. The largest absolute Gasteiger partial charge is 0.379 e. The fourth-order valence-electron chi connectivity index (χ4n) is 2.62. The van der Waals surface area contributed by atoms with E-state index in [1.165, 1.54) is 45.2 Å². The lowest BCUT2D eigenvalue weighted by Crippen LogP contribution is -2.36. The molecule has 2 fully saturated rings. The van der Waals surface area contributed by atoms with Crippen LogP contribution in [-0.4, -0.2) is 75.5 Å². The van der Waals surface area contributed by atoms with Crippen LogP contribution in [0.5, 0.6) is 0 Å². The van der Waals surface area contributed by atoms with E-state index in [9.17, 15) is 0 Å². The van der Waals surface area contributed by atoms with Crippen LogP contribution in [0, 0.1) is 0 Å². The van der Waals surface area contributed by atoms with Gasteiger partial charge in [0.15, 0.2) is 0 Å². The third-order valence-corrected chi connectivity index (χ3v) is 4.11. The SMILES string of the molecule is CC.CCCCCN1CCOCC1.CCCCN1CCOCC1. The van der Waals surface area contributed by atoms with Crippen LogP contribution >= 0.6 is 0 Å². The highest BCUT2D eigenvalue weighted by molar-refractivity contribution is 4.61. The van der Waals surface area contributed by atoms with Crippen molar-refractivity contribution in [2.24, 2.45) is 0 Å². The van der Waals surface area contributed by atoms with Crippen LogP contribution in [0.2, 0.25) is 0 Å². The zero-order valence-corrected chi connectivity index (χ0v) is 16.3. The molecule has 2 rings (SSSR count). The maximum Gasteiger partial charge on any atom is 0.0594 e. The van der Waals surface area contributed by atoms with E-state index in [-0.39, 0.29) is 0 Å². The molecule has 23 heavy (non-hydrogen) atoms. The summed E-state index contributed by atoms with van der Waals surface area (Å²) in [5.74, 6) is 0. The fraction of sp³-hybridized carbons (Fsp3) is 1.00. The first-order valence-electron chi connectivity index (χ1n) is 9.97. The van der Waals surface area contributed by atoms with Crippen molar-refractivity contribution in [3.8, 4) is 0 Å². The minimum absolute atomic E-state index is 0.934. The molecule has 0 aromatic carbocycles. The average Bonchev–Trinajstić information content (AvgIpc) is 2.64. The van der Waals surface area contributed by atoms with Crippen LogP contribution in [0.25, 0.3) is 0 Å². The van der Waals surface area contributed by atoms with E-state index in [0.29, 0.717) is 0 Å². The summed E-state index contributed by atoms with van der Waals surface area (Å²) in [4.78, 5) is 4.98. The number of hydrogen-bond acceptors (Lipinski definition) is 4. The number of rotatable bonds is 7. The Morgan fingerprint density at radius 2 is 1.00 bits per heavy atom. The summed E-state index contributed by atoms with van der Waals surface area (Å²) in [6.45, 7) is 19.3. The van der Waals surface area contributed by atoms with Crippen LogP contribution < -0.4 is 0 Å². The monoisotopic (exact) mass is 330 g/mol. The van der Waals surface area contributed by atoms with Gasteiger partial charge in [-0.2, -0.15) is 0 Å². The predicted octanol–water partition coefficient (Wildman–Crippen LogP) is 3.65. The van der Waals surface area contributed by atoms with Gasteiger partial charge in [0.1, 0.15) is 0 Å². The van der Waals surface area contributed by atoms with E-state index in [1.807, 2.05) is 13.8 Å². The summed E-state index contributed by atoms with van der Waals surface area (Å²) in [6, 6.07) is 0. The summed E-state index contributed by atoms with van der Waals surface area (Å²) in [5.41, 5.74) is 0. The molecule has 2 aliphatic rings. The van der Waals surface area contributed by atoms with E-state index in [4.69, 9.17) is 9.47 Å². The molecule has 0 bridgehead atoms. The van der Waals surface area contributed by atoms with Gasteiger partial charge in [-0.1, -0.05) is 47.0 Å². The quantitative estimate of drug-likeness (QED) is 0.665. The maximum absolute atomic E-state index is 5.26. The van der Waals surface area contributed by atoms with Gasteiger partial charge < -0.3 is 9.47 Å². The Labute approximate surface area is 145 Å². The van der Waals surface area contributed by atoms with Gasteiger partial charge in [0.25, 0.3) is 0 Å². The minimum Gasteiger partial charge on any atom is -0.379 e. The molecule has 0 saturated carbocycles. The summed E-state index contributed by atoms with van der Waals surface area (Å²) in [6.07, 6.45) is 6.69. The summed E-state index contributed by atoms with van der Waals surface area (Å²) in [5, 5.41) is 0. The standard InChI is InChI=1S/C9H19NO.C8H17NO.C2H6/c1-2-3-4-5-10-6-8-11-9-7-10;1-2-3-4-9-5-7-10-8-6-9;1-2/h2-9H2,1H3;2-8H2,1H3;1-2H3. The van der Waals surface area contributed by atoms with Gasteiger partial charge in [0.05, 0.1) is 26.4 Å². The van der Waals surface area contributed by atoms with E-state index in [2.05, 4.69) is 23.6 Å². The highest BCUT2D eigenvalue weighted by atomic mass is 16.5. The average molecular weight is 331 g/mol. The topological polar surface area (TPSA) is 24.9 Å². The molecule has 2 aliphatic heterocycles. The Kier molecular flexibility index (Phi) is 18.1. The molecule has 0 N–H and O–H groups in total. The zero-order valence-electron chi connectivity index (χ0n) is 16.3. The summed E-state index contributed by atoms with van der Waals surface area (Å²) in [7, 11) is 0. The first-order valence-corrected chi connectivity index (χ1v) is 9.97. The smallest absolute Gasteiger partial charge is 0.0594 e. The molecule has 0 unspecified atom stereocenters. The Bertz CT molecular complexity index is 215. The Hall–Kier alpha value is -0.160. The second kappa shape index (κ2) is 18.2. The highest BCUT2D eigenvalue weighted by Crippen LogP contribution is 2.01. The van der Waals surface area contributed by atoms with E-state index >= 15 is 0 Å². The third kappa shape index (κ3) is 13.9. The first kappa shape index (κ1) is 22.8. The Morgan fingerprint density at radius 3 is 1.39 bits per heavy atom. The number of nitrogens with zero attached hydrogens (tertiary/aromatic N) is 2. The number of unbranched alkanes of at least 4 members (excludes halogenated alkanes) is 3. The molecule has 4 nitrogen and oxygen atoms in total. The molecule has 4 heteroatoms. The first-order chi connectivity index (χ1) is 11.4. The Balaban J connectivity index is 0.000000381. The second-order valence-corrected chi connectivity index (χ2v) is 5.97. The number of ether oxygens (including phenoxy) is 2. The van der Waals surface area contributed by atoms with Gasteiger partial charge in [-0.15, -0.1) is 0 Å². The minimum atomic E-state index is 0.934.